The number of barbiturate groups is 1. The van der Waals surface area contributed by atoms with Crippen molar-refractivity contribution in [1.29, 1.82) is 0 Å². The second-order valence-corrected chi connectivity index (χ2v) is 9.91. The fourth-order valence-electron chi connectivity index (χ4n) is 3.63. The van der Waals surface area contributed by atoms with E-state index in [4.69, 9.17) is 9.47 Å². The van der Waals surface area contributed by atoms with Gasteiger partial charge in [-0.05, 0) is 82.9 Å². The molecule has 0 radical (unpaired) electrons. The molecule has 7 nitrogen and oxygen atoms in total. The molecule has 184 valence electrons. The van der Waals surface area contributed by atoms with Crippen molar-refractivity contribution in [3.05, 3.63) is 91.4 Å². The van der Waals surface area contributed by atoms with Crippen LogP contribution in [-0.2, 0) is 16.2 Å². The number of nitrogens with zero attached hydrogens (tertiary/aromatic N) is 1. The van der Waals surface area contributed by atoms with E-state index in [0.717, 1.165) is 26.1 Å². The van der Waals surface area contributed by atoms with Gasteiger partial charge < -0.3 is 9.47 Å². The minimum Gasteiger partial charge on any atom is -0.493 e. The number of halogens is 2. The Morgan fingerprint density at radius 2 is 1.67 bits per heavy atom. The highest BCUT2D eigenvalue weighted by atomic mass is 79.9. The molecule has 1 fully saturated rings. The van der Waals surface area contributed by atoms with Gasteiger partial charge in [0, 0.05) is 4.47 Å². The molecular weight excluding hydrogens is 592 g/mol. The molecular formula is C27H22Br2N2O5. The summed E-state index contributed by atoms with van der Waals surface area (Å²) in [6, 6.07) is 15.6. The Bertz CT molecular complexity index is 1400. The number of nitrogens with one attached hydrogen (secondary N) is 1. The van der Waals surface area contributed by atoms with E-state index < -0.39 is 17.8 Å². The van der Waals surface area contributed by atoms with Gasteiger partial charge in [-0.15, -0.1) is 0 Å². The van der Waals surface area contributed by atoms with Gasteiger partial charge in [0.1, 0.15) is 12.2 Å². The van der Waals surface area contributed by atoms with Crippen LogP contribution in [0.3, 0.4) is 0 Å². The highest BCUT2D eigenvalue weighted by molar-refractivity contribution is 9.10. The Morgan fingerprint density at radius 3 is 2.33 bits per heavy atom. The smallest absolute Gasteiger partial charge is 0.335 e. The Labute approximate surface area is 225 Å². The minimum atomic E-state index is -0.803. The molecule has 1 aliphatic heterocycles. The molecule has 4 rings (SSSR count). The van der Waals surface area contributed by atoms with Crippen molar-refractivity contribution in [3.8, 4) is 11.5 Å². The molecule has 0 unspecified atom stereocenters. The van der Waals surface area contributed by atoms with Gasteiger partial charge in [-0.2, -0.15) is 0 Å². The highest BCUT2D eigenvalue weighted by Crippen LogP contribution is 2.38. The van der Waals surface area contributed by atoms with Crippen LogP contribution in [0.4, 0.5) is 10.5 Å². The molecule has 0 saturated carbocycles. The maximum absolute atomic E-state index is 13.2. The topological polar surface area (TPSA) is 84.9 Å². The fourth-order valence-corrected chi connectivity index (χ4v) is 4.45. The zero-order chi connectivity index (χ0) is 26.0. The van der Waals surface area contributed by atoms with E-state index in [0.29, 0.717) is 33.8 Å². The fraction of sp³-hybridized carbons (Fsp3) is 0.148. The first-order valence-electron chi connectivity index (χ1n) is 10.9. The number of imide groups is 2. The number of benzene rings is 3. The summed E-state index contributed by atoms with van der Waals surface area (Å²) in [5, 5.41) is 2.24. The van der Waals surface area contributed by atoms with Gasteiger partial charge in [0.25, 0.3) is 11.8 Å². The first kappa shape index (κ1) is 25.7. The van der Waals surface area contributed by atoms with Gasteiger partial charge in [-0.1, -0.05) is 45.8 Å². The lowest BCUT2D eigenvalue weighted by atomic mass is 10.1. The molecule has 0 spiro atoms. The largest absolute Gasteiger partial charge is 0.493 e. The number of aryl methyl sites for hydroxylation is 2. The molecule has 3 aromatic carbocycles. The molecule has 1 saturated heterocycles. The van der Waals surface area contributed by atoms with E-state index in [1.165, 1.54) is 13.2 Å². The van der Waals surface area contributed by atoms with Crippen LogP contribution in [0, 0.1) is 13.8 Å². The van der Waals surface area contributed by atoms with Gasteiger partial charge in [0.05, 0.1) is 17.3 Å². The summed E-state index contributed by atoms with van der Waals surface area (Å²) in [4.78, 5) is 39.3. The van der Waals surface area contributed by atoms with Crippen LogP contribution < -0.4 is 19.7 Å². The number of carbonyl (C=O) groups is 3. The van der Waals surface area contributed by atoms with Crippen molar-refractivity contribution in [3.63, 3.8) is 0 Å². The molecule has 1 N–H and O–H groups in total. The normalized spacial score (nSPS) is 14.8. The molecule has 4 amide bonds. The minimum absolute atomic E-state index is 0.183. The van der Waals surface area contributed by atoms with Crippen molar-refractivity contribution in [2.45, 2.75) is 20.5 Å². The van der Waals surface area contributed by atoms with E-state index in [1.807, 2.05) is 38.1 Å². The predicted molar refractivity (Wildman–Crippen MR) is 144 cm³/mol. The van der Waals surface area contributed by atoms with Crippen LogP contribution in [0.2, 0.25) is 0 Å². The van der Waals surface area contributed by atoms with E-state index in [-0.39, 0.29) is 5.57 Å². The van der Waals surface area contributed by atoms with Crippen molar-refractivity contribution in [2.24, 2.45) is 0 Å². The second kappa shape index (κ2) is 10.7. The van der Waals surface area contributed by atoms with Gasteiger partial charge in [0.15, 0.2) is 11.5 Å². The molecule has 1 aliphatic rings. The van der Waals surface area contributed by atoms with Crippen LogP contribution in [0.15, 0.2) is 69.1 Å². The number of methoxy groups -OCH3 is 1. The standard InChI is InChI=1S/C27H22Br2N2O5/c1-15-4-6-17(7-5-15)14-36-24-22(29)12-18(13-23(24)35-3)11-20-25(32)30-27(34)31(26(20)33)19-8-9-21(28)16(2)10-19/h4-13H,14H2,1-3H3,(H,30,32,34)/b20-11+. The predicted octanol–water partition coefficient (Wildman–Crippen LogP) is 6.08. The first-order valence-corrected chi connectivity index (χ1v) is 12.5. The molecule has 0 aromatic heterocycles. The lowest BCUT2D eigenvalue weighted by Crippen LogP contribution is -2.54. The summed E-state index contributed by atoms with van der Waals surface area (Å²) in [5.74, 6) is -0.588. The summed E-state index contributed by atoms with van der Waals surface area (Å²) in [6.07, 6.45) is 1.42. The van der Waals surface area contributed by atoms with Crippen LogP contribution in [0.1, 0.15) is 22.3 Å². The van der Waals surface area contributed by atoms with Crippen molar-refractivity contribution >= 4 is 61.5 Å². The number of amides is 4. The number of hydrogen-bond acceptors (Lipinski definition) is 5. The Balaban J connectivity index is 1.64. The third-order valence-electron chi connectivity index (χ3n) is 5.57. The first-order chi connectivity index (χ1) is 17.2. The van der Waals surface area contributed by atoms with E-state index >= 15 is 0 Å². The number of rotatable bonds is 6. The lowest BCUT2D eigenvalue weighted by molar-refractivity contribution is -0.122. The molecule has 36 heavy (non-hydrogen) atoms. The van der Waals surface area contributed by atoms with Crippen LogP contribution in [-0.4, -0.2) is 25.0 Å². The maximum Gasteiger partial charge on any atom is 0.335 e. The Morgan fingerprint density at radius 1 is 0.944 bits per heavy atom. The molecule has 0 atom stereocenters. The molecule has 1 heterocycles. The van der Waals surface area contributed by atoms with Crippen molar-refractivity contribution in [2.75, 3.05) is 12.0 Å². The average Bonchev–Trinajstić information content (AvgIpc) is 2.84. The number of ether oxygens (including phenoxy) is 2. The Kier molecular flexibility index (Phi) is 7.61. The number of hydrogen-bond donors (Lipinski definition) is 1. The number of carbonyl (C=O) groups excluding carboxylic acids is 3. The average molecular weight is 614 g/mol. The Hall–Kier alpha value is -3.43. The SMILES string of the molecule is COc1cc(/C=C2\C(=O)NC(=O)N(c3ccc(Br)c(C)c3)C2=O)cc(Br)c1OCc1ccc(C)cc1. The molecule has 3 aromatic rings. The van der Waals surface area contributed by atoms with Crippen molar-refractivity contribution in [1.82, 2.24) is 5.32 Å². The maximum atomic E-state index is 13.2. The zero-order valence-corrected chi connectivity index (χ0v) is 22.9. The number of urea groups is 1. The van der Waals surface area contributed by atoms with E-state index in [2.05, 4.69) is 37.2 Å². The second-order valence-electron chi connectivity index (χ2n) is 8.20. The molecule has 0 aliphatic carbocycles. The summed E-state index contributed by atoms with van der Waals surface area (Å²) in [5.41, 5.74) is 3.68. The van der Waals surface area contributed by atoms with Gasteiger partial charge >= 0.3 is 6.03 Å². The van der Waals surface area contributed by atoms with Crippen LogP contribution >= 0.6 is 31.9 Å². The third-order valence-corrected chi connectivity index (χ3v) is 7.05. The van der Waals surface area contributed by atoms with Gasteiger partial charge in [-0.25, -0.2) is 9.69 Å². The monoisotopic (exact) mass is 612 g/mol. The number of anilines is 1. The third kappa shape index (κ3) is 5.37. The highest BCUT2D eigenvalue weighted by Gasteiger charge is 2.37. The van der Waals surface area contributed by atoms with Crippen LogP contribution in [0.5, 0.6) is 11.5 Å². The summed E-state index contributed by atoms with van der Waals surface area (Å²) in [7, 11) is 1.51. The van der Waals surface area contributed by atoms with Gasteiger partial charge in [0.2, 0.25) is 0 Å². The lowest BCUT2D eigenvalue weighted by Gasteiger charge is -2.26. The van der Waals surface area contributed by atoms with Crippen LogP contribution in [0.25, 0.3) is 6.08 Å². The summed E-state index contributed by atoms with van der Waals surface area (Å²) < 4.78 is 12.9. The molecule has 0 bridgehead atoms. The van der Waals surface area contributed by atoms with E-state index in [1.54, 1.807) is 30.3 Å². The van der Waals surface area contributed by atoms with Crippen molar-refractivity contribution < 1.29 is 23.9 Å². The zero-order valence-electron chi connectivity index (χ0n) is 19.7. The quantitative estimate of drug-likeness (QED) is 0.269. The van der Waals surface area contributed by atoms with Gasteiger partial charge in [-0.3, -0.25) is 14.9 Å². The van der Waals surface area contributed by atoms with E-state index in [9.17, 15) is 14.4 Å². The summed E-state index contributed by atoms with van der Waals surface area (Å²) in [6.45, 7) is 4.19. The molecule has 9 heteroatoms. The summed E-state index contributed by atoms with van der Waals surface area (Å²) >= 11 is 6.91.